The van der Waals surface area contributed by atoms with Gasteiger partial charge in [-0.2, -0.15) is 0 Å². The fourth-order valence-corrected chi connectivity index (χ4v) is 1.43. The molecule has 0 saturated heterocycles. The van der Waals surface area contributed by atoms with Gasteiger partial charge >= 0.3 is 0 Å². The number of benzene rings is 1. The van der Waals surface area contributed by atoms with Crippen LogP contribution in [0.25, 0.3) is 0 Å². The molecule has 0 bridgehead atoms. The van der Waals surface area contributed by atoms with Gasteiger partial charge < -0.3 is 10.1 Å². The Balaban J connectivity index is 2.53. The highest BCUT2D eigenvalue weighted by Crippen LogP contribution is 2.17. The third-order valence-corrected chi connectivity index (χ3v) is 2.29. The van der Waals surface area contributed by atoms with Gasteiger partial charge in [0.15, 0.2) is 0 Å². The molecular weight excluding hydrogens is 230 g/mol. The zero-order valence-corrected chi connectivity index (χ0v) is 10.9. The molecule has 1 amide bonds. The van der Waals surface area contributed by atoms with Crippen LogP contribution in [0, 0.1) is 0 Å². The van der Waals surface area contributed by atoms with Gasteiger partial charge in [0.1, 0.15) is 11.5 Å². The number of nitrogens with one attached hydrogen (secondary N) is 1. The molecule has 0 atom stereocenters. The number of hydrogen-bond acceptors (Lipinski definition) is 3. The Morgan fingerprint density at radius 2 is 2.11 bits per heavy atom. The summed E-state index contributed by atoms with van der Waals surface area (Å²) in [6.07, 6.45) is 1.98. The summed E-state index contributed by atoms with van der Waals surface area (Å²) in [6, 6.07) is 7.18. The zero-order chi connectivity index (χ0) is 13.4. The van der Waals surface area contributed by atoms with Crippen LogP contribution in [0.5, 0.6) is 5.75 Å². The van der Waals surface area contributed by atoms with E-state index >= 15 is 0 Å². The molecule has 4 heteroatoms. The van der Waals surface area contributed by atoms with Gasteiger partial charge in [0, 0.05) is 11.8 Å². The maximum atomic E-state index is 11.4. The smallest absolute Gasteiger partial charge is 0.231 e. The number of ketones is 1. The molecule has 98 valence electrons. The first-order valence-electron chi connectivity index (χ1n) is 6.14. The SMILES string of the molecule is CCCCOc1cccc(NC(=O)CC(C)=O)c1. The lowest BCUT2D eigenvalue weighted by molar-refractivity contribution is -0.124. The molecule has 0 heterocycles. The van der Waals surface area contributed by atoms with Crippen LogP contribution in [0.1, 0.15) is 33.1 Å². The molecule has 0 aromatic heterocycles. The Hall–Kier alpha value is -1.84. The van der Waals surface area contributed by atoms with Gasteiger partial charge in [-0.3, -0.25) is 9.59 Å². The van der Waals surface area contributed by atoms with E-state index in [1.54, 1.807) is 12.1 Å². The third kappa shape index (κ3) is 5.48. The van der Waals surface area contributed by atoms with Crippen LogP contribution in [-0.4, -0.2) is 18.3 Å². The predicted octanol–water partition coefficient (Wildman–Crippen LogP) is 2.78. The number of rotatable bonds is 7. The first-order valence-corrected chi connectivity index (χ1v) is 6.14. The van der Waals surface area contributed by atoms with E-state index in [1.165, 1.54) is 6.92 Å². The van der Waals surface area contributed by atoms with Crippen molar-refractivity contribution in [3.63, 3.8) is 0 Å². The van der Waals surface area contributed by atoms with Crippen LogP contribution < -0.4 is 10.1 Å². The van der Waals surface area contributed by atoms with E-state index in [1.807, 2.05) is 12.1 Å². The number of anilines is 1. The van der Waals surface area contributed by atoms with Crippen LogP contribution in [0.15, 0.2) is 24.3 Å². The van der Waals surface area contributed by atoms with Crippen LogP contribution in [0.3, 0.4) is 0 Å². The van der Waals surface area contributed by atoms with Crippen molar-refractivity contribution in [3.05, 3.63) is 24.3 Å². The molecule has 18 heavy (non-hydrogen) atoms. The molecule has 4 nitrogen and oxygen atoms in total. The van der Waals surface area contributed by atoms with Crippen molar-refractivity contribution in [1.29, 1.82) is 0 Å². The highest BCUT2D eigenvalue weighted by Gasteiger charge is 2.05. The van der Waals surface area contributed by atoms with Crippen LogP contribution in [-0.2, 0) is 9.59 Å². The fourth-order valence-electron chi connectivity index (χ4n) is 1.43. The number of carbonyl (C=O) groups is 2. The molecule has 0 unspecified atom stereocenters. The first-order chi connectivity index (χ1) is 8.61. The topological polar surface area (TPSA) is 55.4 Å². The summed E-state index contributed by atoms with van der Waals surface area (Å²) in [6.45, 7) is 4.16. The minimum absolute atomic E-state index is 0.0963. The van der Waals surface area contributed by atoms with Gasteiger partial charge in [-0.25, -0.2) is 0 Å². The standard InChI is InChI=1S/C14H19NO3/c1-3-4-8-18-13-7-5-6-12(10-13)15-14(17)9-11(2)16/h5-7,10H,3-4,8-9H2,1-2H3,(H,15,17). The lowest BCUT2D eigenvalue weighted by Crippen LogP contribution is -2.14. The van der Waals surface area contributed by atoms with Gasteiger partial charge in [-0.05, 0) is 25.5 Å². The van der Waals surface area contributed by atoms with Crippen LogP contribution in [0.2, 0.25) is 0 Å². The zero-order valence-electron chi connectivity index (χ0n) is 10.9. The average molecular weight is 249 g/mol. The van der Waals surface area contributed by atoms with E-state index in [2.05, 4.69) is 12.2 Å². The second kappa shape index (κ2) is 7.48. The fraction of sp³-hybridized carbons (Fsp3) is 0.429. The molecule has 0 spiro atoms. The highest BCUT2D eigenvalue weighted by molar-refractivity contribution is 6.03. The first kappa shape index (κ1) is 14.2. The predicted molar refractivity (Wildman–Crippen MR) is 70.8 cm³/mol. The molecule has 1 N–H and O–H groups in total. The molecule has 0 aliphatic rings. The van der Waals surface area contributed by atoms with E-state index in [-0.39, 0.29) is 18.1 Å². The Morgan fingerprint density at radius 1 is 1.33 bits per heavy atom. The molecule has 1 rings (SSSR count). The maximum Gasteiger partial charge on any atom is 0.231 e. The second-order valence-corrected chi connectivity index (χ2v) is 4.16. The van der Waals surface area contributed by atoms with Gasteiger partial charge in [0.05, 0.1) is 13.0 Å². The van der Waals surface area contributed by atoms with Crippen LogP contribution in [0.4, 0.5) is 5.69 Å². The number of carbonyl (C=O) groups excluding carboxylic acids is 2. The summed E-state index contributed by atoms with van der Waals surface area (Å²) in [5, 5.41) is 2.66. The highest BCUT2D eigenvalue weighted by atomic mass is 16.5. The summed E-state index contributed by atoms with van der Waals surface area (Å²) in [5.41, 5.74) is 0.648. The second-order valence-electron chi connectivity index (χ2n) is 4.16. The number of amides is 1. The molecule has 0 aliphatic heterocycles. The maximum absolute atomic E-state index is 11.4. The van der Waals surface area contributed by atoms with E-state index in [0.29, 0.717) is 12.3 Å². The third-order valence-electron chi connectivity index (χ3n) is 2.29. The summed E-state index contributed by atoms with van der Waals surface area (Å²) in [7, 11) is 0. The Labute approximate surface area is 107 Å². The largest absolute Gasteiger partial charge is 0.494 e. The monoisotopic (exact) mass is 249 g/mol. The van der Waals surface area contributed by atoms with Crippen molar-refractivity contribution in [2.45, 2.75) is 33.1 Å². The molecule has 0 radical (unpaired) electrons. The lowest BCUT2D eigenvalue weighted by Gasteiger charge is -2.08. The van der Waals surface area contributed by atoms with Crippen molar-refractivity contribution in [2.24, 2.45) is 0 Å². The van der Waals surface area contributed by atoms with Crippen molar-refractivity contribution in [2.75, 3.05) is 11.9 Å². The van der Waals surface area contributed by atoms with Crippen molar-refractivity contribution >= 4 is 17.4 Å². The van der Waals surface area contributed by atoms with E-state index in [0.717, 1.165) is 18.6 Å². The Bertz CT molecular complexity index is 415. The van der Waals surface area contributed by atoms with Gasteiger partial charge in [0.2, 0.25) is 5.91 Å². The van der Waals surface area contributed by atoms with Crippen molar-refractivity contribution < 1.29 is 14.3 Å². The average Bonchev–Trinajstić information content (AvgIpc) is 2.28. The molecular formula is C14H19NO3. The molecule has 1 aromatic carbocycles. The molecule has 0 aliphatic carbocycles. The minimum atomic E-state index is -0.298. The normalized spacial score (nSPS) is 9.89. The summed E-state index contributed by atoms with van der Waals surface area (Å²) in [5.74, 6) is 0.278. The molecule has 0 saturated carbocycles. The minimum Gasteiger partial charge on any atom is -0.494 e. The van der Waals surface area contributed by atoms with Gasteiger partial charge in [0.25, 0.3) is 0 Å². The molecule has 0 fully saturated rings. The van der Waals surface area contributed by atoms with E-state index in [4.69, 9.17) is 4.74 Å². The van der Waals surface area contributed by atoms with Crippen molar-refractivity contribution in [1.82, 2.24) is 0 Å². The number of ether oxygens (including phenoxy) is 1. The van der Waals surface area contributed by atoms with Gasteiger partial charge in [-0.15, -0.1) is 0 Å². The van der Waals surface area contributed by atoms with Gasteiger partial charge in [-0.1, -0.05) is 19.4 Å². The number of hydrogen-bond donors (Lipinski definition) is 1. The summed E-state index contributed by atoms with van der Waals surface area (Å²) >= 11 is 0. The number of Topliss-reactive ketones (excluding diaryl/α,β-unsaturated/α-hetero) is 1. The lowest BCUT2D eigenvalue weighted by atomic mass is 10.2. The summed E-state index contributed by atoms with van der Waals surface area (Å²) < 4.78 is 5.53. The Kier molecular flexibility index (Phi) is 5.91. The number of unbranched alkanes of at least 4 members (excludes halogenated alkanes) is 1. The Morgan fingerprint density at radius 3 is 2.78 bits per heavy atom. The van der Waals surface area contributed by atoms with E-state index in [9.17, 15) is 9.59 Å². The molecule has 1 aromatic rings. The summed E-state index contributed by atoms with van der Waals surface area (Å²) in [4.78, 5) is 22.2. The van der Waals surface area contributed by atoms with Crippen LogP contribution >= 0.6 is 0 Å². The van der Waals surface area contributed by atoms with E-state index < -0.39 is 0 Å². The quantitative estimate of drug-likeness (QED) is 0.597. The van der Waals surface area contributed by atoms with Crippen molar-refractivity contribution in [3.8, 4) is 5.75 Å².